The molecule has 2 saturated heterocycles. The van der Waals surface area contributed by atoms with Crippen LogP contribution < -0.4 is 10.1 Å². The standard InChI is InChI=1S/C27H28N4O6S2/c1-2-8-19(29-27(34)37-24-13-12-22(38-24)18-9-4-3-5-10-18)26(33)30-16-14-20-25(30)21(32)17-31(20)39(35,36)23-11-6-7-15-28-23/h3-7,9-13,15,19-20,25H,2,8,14,16-17H2,1H3,(H,29,34). The summed E-state index contributed by atoms with van der Waals surface area (Å²) in [5.74, 6) is -0.780. The minimum absolute atomic E-state index is 0.138. The quantitative estimate of drug-likeness (QED) is 0.442. The highest BCUT2D eigenvalue weighted by atomic mass is 32.2. The van der Waals surface area contributed by atoms with Crippen LogP contribution in [0.4, 0.5) is 4.79 Å². The van der Waals surface area contributed by atoms with Gasteiger partial charge in [-0.3, -0.25) is 9.59 Å². The van der Waals surface area contributed by atoms with Crippen molar-refractivity contribution in [2.24, 2.45) is 0 Å². The van der Waals surface area contributed by atoms with Crippen molar-refractivity contribution in [3.05, 3.63) is 66.9 Å². The molecule has 0 saturated carbocycles. The van der Waals surface area contributed by atoms with Crippen molar-refractivity contribution < 1.29 is 27.5 Å². The summed E-state index contributed by atoms with van der Waals surface area (Å²) < 4.78 is 33.0. The molecule has 1 aromatic carbocycles. The van der Waals surface area contributed by atoms with E-state index < -0.39 is 40.1 Å². The molecule has 4 heterocycles. The number of fused-ring (bicyclic) bond motifs is 1. The number of carbonyl (C=O) groups excluding carboxylic acids is 3. The zero-order chi connectivity index (χ0) is 27.6. The minimum Gasteiger partial charge on any atom is -0.399 e. The number of pyridine rings is 1. The molecule has 39 heavy (non-hydrogen) atoms. The molecule has 10 nitrogen and oxygen atoms in total. The molecule has 0 bridgehead atoms. The van der Waals surface area contributed by atoms with Crippen LogP contribution in [0.25, 0.3) is 10.4 Å². The van der Waals surface area contributed by atoms with Crippen LogP contribution in [0.15, 0.2) is 71.9 Å². The smallest absolute Gasteiger partial charge is 0.399 e. The second kappa shape index (κ2) is 11.2. The maximum atomic E-state index is 13.6. The summed E-state index contributed by atoms with van der Waals surface area (Å²) in [4.78, 5) is 45.6. The van der Waals surface area contributed by atoms with Gasteiger partial charge in [0, 0.05) is 17.6 Å². The van der Waals surface area contributed by atoms with E-state index in [0.717, 1.165) is 14.7 Å². The highest BCUT2D eigenvalue weighted by molar-refractivity contribution is 7.89. The van der Waals surface area contributed by atoms with Crippen molar-refractivity contribution in [1.29, 1.82) is 0 Å². The number of ether oxygens (including phenoxy) is 1. The third-order valence-corrected chi connectivity index (χ3v) is 9.67. The molecule has 12 heteroatoms. The molecule has 5 rings (SSSR count). The topological polar surface area (TPSA) is 126 Å². The van der Waals surface area contributed by atoms with E-state index in [-0.39, 0.29) is 23.9 Å². The lowest BCUT2D eigenvalue weighted by Gasteiger charge is -2.27. The van der Waals surface area contributed by atoms with Crippen LogP contribution in [0.2, 0.25) is 0 Å². The van der Waals surface area contributed by atoms with Crippen molar-refractivity contribution in [2.45, 2.75) is 49.3 Å². The molecule has 3 atom stereocenters. The van der Waals surface area contributed by atoms with Crippen molar-refractivity contribution >= 4 is 39.1 Å². The molecule has 3 aromatic rings. The second-order valence-corrected chi connectivity index (χ2v) is 12.3. The number of aromatic nitrogens is 1. The van der Waals surface area contributed by atoms with E-state index in [1.807, 2.05) is 43.3 Å². The van der Waals surface area contributed by atoms with E-state index in [4.69, 9.17) is 4.74 Å². The molecule has 0 radical (unpaired) electrons. The summed E-state index contributed by atoms with van der Waals surface area (Å²) in [6.07, 6.45) is 1.87. The van der Waals surface area contributed by atoms with E-state index in [0.29, 0.717) is 24.3 Å². The third-order valence-electron chi connectivity index (χ3n) is 6.87. The Kier molecular flexibility index (Phi) is 7.78. The lowest BCUT2D eigenvalue weighted by molar-refractivity contribution is -0.138. The number of thiophene rings is 1. The largest absolute Gasteiger partial charge is 0.414 e. The fourth-order valence-corrected chi connectivity index (χ4v) is 7.52. The molecule has 204 valence electrons. The van der Waals surface area contributed by atoms with Gasteiger partial charge < -0.3 is 15.0 Å². The van der Waals surface area contributed by atoms with E-state index in [1.54, 1.807) is 18.2 Å². The molecular weight excluding hydrogens is 540 g/mol. The van der Waals surface area contributed by atoms with Crippen molar-refractivity contribution in [3.63, 3.8) is 0 Å². The fourth-order valence-electron chi connectivity index (χ4n) is 5.10. The lowest BCUT2D eigenvalue weighted by Crippen LogP contribution is -2.53. The van der Waals surface area contributed by atoms with E-state index in [9.17, 15) is 22.8 Å². The zero-order valence-electron chi connectivity index (χ0n) is 21.2. The first-order valence-electron chi connectivity index (χ1n) is 12.7. The maximum Gasteiger partial charge on any atom is 0.414 e. The SMILES string of the molecule is CCCC(NC(=O)Oc1ccc(-c2ccccc2)s1)C(=O)N1CCC2C1C(=O)CN2S(=O)(=O)c1ccccn1. The molecular formula is C27H28N4O6S2. The summed E-state index contributed by atoms with van der Waals surface area (Å²) >= 11 is 1.31. The highest BCUT2D eigenvalue weighted by Crippen LogP contribution is 2.35. The van der Waals surface area contributed by atoms with Crippen molar-refractivity contribution in [1.82, 2.24) is 19.5 Å². The molecule has 0 aliphatic carbocycles. The Balaban J connectivity index is 1.27. The summed E-state index contributed by atoms with van der Waals surface area (Å²) in [6.45, 7) is 1.76. The second-order valence-electron chi connectivity index (χ2n) is 9.38. The summed E-state index contributed by atoms with van der Waals surface area (Å²) in [7, 11) is -4.00. The van der Waals surface area contributed by atoms with Crippen molar-refractivity contribution in [2.75, 3.05) is 13.1 Å². The molecule has 2 amide bonds. The Morgan fingerprint density at radius 2 is 1.90 bits per heavy atom. The number of rotatable bonds is 8. The summed E-state index contributed by atoms with van der Waals surface area (Å²) in [6, 6.07) is 15.3. The van der Waals surface area contributed by atoms with E-state index >= 15 is 0 Å². The highest BCUT2D eigenvalue weighted by Gasteiger charge is 2.54. The van der Waals surface area contributed by atoms with Gasteiger partial charge in [0.1, 0.15) is 12.1 Å². The number of carbonyl (C=O) groups is 3. The summed E-state index contributed by atoms with van der Waals surface area (Å²) in [5.41, 5.74) is 1.00. The monoisotopic (exact) mass is 568 g/mol. The van der Waals surface area contributed by atoms with E-state index in [1.165, 1.54) is 28.5 Å². The molecule has 2 aliphatic heterocycles. The van der Waals surface area contributed by atoms with Gasteiger partial charge in [-0.25, -0.2) is 18.2 Å². The van der Waals surface area contributed by atoms with Gasteiger partial charge in [0.2, 0.25) is 5.91 Å². The lowest BCUT2D eigenvalue weighted by atomic mass is 10.1. The predicted molar refractivity (Wildman–Crippen MR) is 145 cm³/mol. The van der Waals surface area contributed by atoms with Gasteiger partial charge in [-0.15, -0.1) is 0 Å². The van der Waals surface area contributed by atoms with Gasteiger partial charge in [0.25, 0.3) is 10.0 Å². The Hall–Kier alpha value is -3.61. The predicted octanol–water partition coefficient (Wildman–Crippen LogP) is 3.31. The molecule has 1 N–H and O–H groups in total. The summed E-state index contributed by atoms with van der Waals surface area (Å²) in [5, 5.41) is 2.90. The molecule has 2 aliphatic rings. The number of ketones is 1. The Labute approximate surface area is 230 Å². The van der Waals surface area contributed by atoms with Crippen LogP contribution in [0.3, 0.4) is 0 Å². The van der Waals surface area contributed by atoms with Gasteiger partial charge >= 0.3 is 6.09 Å². The van der Waals surface area contributed by atoms with Gasteiger partial charge in [0.05, 0.1) is 12.6 Å². The number of hydrogen-bond acceptors (Lipinski definition) is 8. The Morgan fingerprint density at radius 1 is 1.13 bits per heavy atom. The average Bonchev–Trinajstić information content (AvgIpc) is 3.66. The van der Waals surface area contributed by atoms with Crippen LogP contribution in [0, 0.1) is 0 Å². The molecule has 2 aromatic heterocycles. The van der Waals surface area contributed by atoms with Crippen LogP contribution in [-0.2, 0) is 19.6 Å². The van der Waals surface area contributed by atoms with Gasteiger partial charge in [-0.05, 0) is 42.7 Å². The first kappa shape index (κ1) is 27.0. The number of nitrogens with one attached hydrogen (secondary N) is 1. The van der Waals surface area contributed by atoms with Gasteiger partial charge in [0.15, 0.2) is 15.9 Å². The molecule has 2 fully saturated rings. The van der Waals surface area contributed by atoms with Crippen molar-refractivity contribution in [3.8, 4) is 15.5 Å². The number of Topliss-reactive ketones (excluding diaryl/α,β-unsaturated/α-hetero) is 1. The number of benzene rings is 1. The van der Waals surface area contributed by atoms with E-state index in [2.05, 4.69) is 10.3 Å². The Morgan fingerprint density at radius 3 is 2.62 bits per heavy atom. The molecule has 3 unspecified atom stereocenters. The van der Waals surface area contributed by atoms with Crippen LogP contribution in [0.5, 0.6) is 5.06 Å². The first-order valence-corrected chi connectivity index (χ1v) is 14.9. The number of likely N-dealkylation sites (tertiary alicyclic amines) is 1. The van der Waals surface area contributed by atoms with Gasteiger partial charge in [-0.2, -0.15) is 4.31 Å². The normalized spacial score (nSPS) is 20.0. The van der Waals surface area contributed by atoms with Crippen LogP contribution >= 0.6 is 11.3 Å². The Bertz CT molecular complexity index is 1460. The minimum atomic E-state index is -4.00. The maximum absolute atomic E-state index is 13.6. The number of nitrogens with zero attached hydrogens (tertiary/aromatic N) is 3. The van der Waals surface area contributed by atoms with Gasteiger partial charge in [-0.1, -0.05) is 61.1 Å². The molecule has 0 spiro atoms. The number of amides is 2. The number of hydrogen-bond donors (Lipinski definition) is 1. The van der Waals surface area contributed by atoms with Crippen LogP contribution in [-0.4, -0.2) is 71.6 Å². The number of sulfonamides is 1. The first-order chi connectivity index (χ1) is 18.8. The zero-order valence-corrected chi connectivity index (χ0v) is 22.9. The average molecular weight is 569 g/mol. The fraction of sp³-hybridized carbons (Fsp3) is 0.333. The third kappa shape index (κ3) is 5.45. The van der Waals surface area contributed by atoms with Crippen LogP contribution in [0.1, 0.15) is 26.2 Å².